The lowest BCUT2D eigenvalue weighted by molar-refractivity contribution is 0.230. The van der Waals surface area contributed by atoms with E-state index >= 15 is 0 Å². The van der Waals surface area contributed by atoms with Crippen molar-refractivity contribution in [3.05, 3.63) is 35.4 Å². The second-order valence-corrected chi connectivity index (χ2v) is 2.91. The highest BCUT2D eigenvalue weighted by Crippen LogP contribution is 2.03. The molecule has 84 valence electrons. The van der Waals surface area contributed by atoms with E-state index in [2.05, 4.69) is 27.8 Å². The van der Waals surface area contributed by atoms with E-state index in [9.17, 15) is 4.79 Å². The van der Waals surface area contributed by atoms with Crippen LogP contribution >= 0.6 is 23.5 Å². The molecular formula is C9H10Cl2O4. The molecule has 0 heterocycles. The Morgan fingerprint density at radius 1 is 1.13 bits per heavy atom. The number of benzene rings is 1. The zero-order valence-electron chi connectivity index (χ0n) is 7.69. The van der Waals surface area contributed by atoms with Crippen molar-refractivity contribution in [2.45, 2.75) is 13.2 Å². The van der Waals surface area contributed by atoms with Crippen molar-refractivity contribution in [1.82, 2.24) is 0 Å². The number of hydrogen-bond donors (Lipinski definition) is 2. The van der Waals surface area contributed by atoms with Crippen molar-refractivity contribution in [3.8, 4) is 0 Å². The van der Waals surface area contributed by atoms with Gasteiger partial charge in [0.05, 0.1) is 13.2 Å². The number of halogens is 2. The Bertz CT molecular complexity index is 264. The average Bonchev–Trinajstić information content (AvgIpc) is 2.30. The number of carbonyl (C=O) groups is 1. The topological polar surface area (TPSA) is 66.8 Å². The standard InChI is InChI=1S/C8H10O2.CCl2O2/c9-5-7-1-2-8(6-10)4-3-7;2-1(4)5-3/h1-4,9-10H,5-6H2;. The minimum absolute atomic E-state index is 0.0612. The van der Waals surface area contributed by atoms with Crippen molar-refractivity contribution >= 4 is 28.9 Å². The van der Waals surface area contributed by atoms with Crippen LogP contribution in [-0.4, -0.2) is 15.6 Å². The van der Waals surface area contributed by atoms with Gasteiger partial charge in [-0.05, 0) is 11.1 Å². The van der Waals surface area contributed by atoms with Crippen molar-refractivity contribution in [2.75, 3.05) is 0 Å². The average molecular weight is 253 g/mol. The third-order valence-electron chi connectivity index (χ3n) is 1.45. The SMILES string of the molecule is O=C(Cl)OCl.OCc1ccc(CO)cc1. The Labute approximate surface area is 97.2 Å². The van der Waals surface area contributed by atoms with E-state index in [1.807, 2.05) is 0 Å². The van der Waals surface area contributed by atoms with Gasteiger partial charge in [-0.1, -0.05) is 24.3 Å². The molecule has 0 radical (unpaired) electrons. The van der Waals surface area contributed by atoms with Crippen LogP contribution in [-0.2, 0) is 17.5 Å². The number of aliphatic hydroxyl groups is 2. The summed E-state index contributed by atoms with van der Waals surface area (Å²) in [5.41, 5.74) is 0.737. The molecule has 15 heavy (non-hydrogen) atoms. The molecule has 0 amide bonds. The normalized spacial score (nSPS) is 8.80. The molecule has 0 aliphatic carbocycles. The second-order valence-electron chi connectivity index (χ2n) is 2.45. The van der Waals surface area contributed by atoms with Crippen molar-refractivity contribution in [3.63, 3.8) is 0 Å². The van der Waals surface area contributed by atoms with E-state index in [-0.39, 0.29) is 13.2 Å². The molecule has 0 saturated heterocycles. The molecule has 0 spiro atoms. The first-order chi connectivity index (χ1) is 7.13. The Morgan fingerprint density at radius 2 is 1.40 bits per heavy atom. The van der Waals surface area contributed by atoms with Crippen molar-refractivity contribution in [2.24, 2.45) is 0 Å². The van der Waals surface area contributed by atoms with Crippen molar-refractivity contribution in [1.29, 1.82) is 0 Å². The maximum Gasteiger partial charge on any atom is 0.421 e. The van der Waals surface area contributed by atoms with Gasteiger partial charge in [-0.3, -0.25) is 0 Å². The van der Waals surface area contributed by atoms with Crippen LogP contribution in [0, 0.1) is 0 Å². The van der Waals surface area contributed by atoms with Crippen LogP contribution in [0.15, 0.2) is 24.3 Å². The highest BCUT2D eigenvalue weighted by molar-refractivity contribution is 6.62. The summed E-state index contributed by atoms with van der Waals surface area (Å²) in [5, 5.41) is 17.3. The van der Waals surface area contributed by atoms with E-state index < -0.39 is 5.43 Å². The summed E-state index contributed by atoms with van der Waals surface area (Å²) in [7, 11) is 0. The van der Waals surface area contributed by atoms with Gasteiger partial charge in [0.2, 0.25) is 0 Å². The smallest absolute Gasteiger partial charge is 0.392 e. The van der Waals surface area contributed by atoms with E-state index in [0.29, 0.717) is 0 Å². The Hall–Kier alpha value is -0.810. The van der Waals surface area contributed by atoms with Crippen LogP contribution in [0.3, 0.4) is 0 Å². The highest BCUT2D eigenvalue weighted by atomic mass is 35.5. The zero-order chi connectivity index (χ0) is 11.7. The summed E-state index contributed by atoms with van der Waals surface area (Å²) in [5.74, 6) is 0. The van der Waals surface area contributed by atoms with Crippen LogP contribution in [0.1, 0.15) is 11.1 Å². The van der Waals surface area contributed by atoms with E-state index in [1.54, 1.807) is 24.3 Å². The van der Waals surface area contributed by atoms with Gasteiger partial charge in [-0.15, -0.1) is 0 Å². The van der Waals surface area contributed by atoms with Gasteiger partial charge in [-0.25, -0.2) is 4.79 Å². The largest absolute Gasteiger partial charge is 0.421 e. The van der Waals surface area contributed by atoms with Gasteiger partial charge < -0.3 is 14.5 Å². The van der Waals surface area contributed by atoms with E-state index in [4.69, 9.17) is 10.2 Å². The van der Waals surface area contributed by atoms with E-state index in [1.165, 1.54) is 0 Å². The molecule has 0 aromatic heterocycles. The minimum atomic E-state index is -1.01. The van der Waals surface area contributed by atoms with Gasteiger partial charge in [0.1, 0.15) is 11.9 Å². The maximum atomic E-state index is 9.22. The molecule has 2 N–H and O–H groups in total. The molecule has 4 nitrogen and oxygen atoms in total. The Balaban J connectivity index is 0.000000336. The number of carbonyl (C=O) groups excluding carboxylic acids is 1. The molecular weight excluding hydrogens is 243 g/mol. The third kappa shape index (κ3) is 7.16. The van der Waals surface area contributed by atoms with Gasteiger partial charge in [0.15, 0.2) is 0 Å². The fourth-order valence-electron chi connectivity index (χ4n) is 0.750. The molecule has 1 aromatic carbocycles. The lowest BCUT2D eigenvalue weighted by Gasteiger charge is -1.96. The Kier molecular flexibility index (Phi) is 8.04. The molecule has 0 aliphatic rings. The van der Waals surface area contributed by atoms with E-state index in [0.717, 1.165) is 11.1 Å². The molecule has 0 unspecified atom stereocenters. The molecule has 0 atom stereocenters. The summed E-state index contributed by atoms with van der Waals surface area (Å²) in [6.45, 7) is 0.122. The molecule has 0 saturated carbocycles. The second kappa shape index (κ2) is 8.49. The van der Waals surface area contributed by atoms with Gasteiger partial charge in [0, 0.05) is 11.6 Å². The van der Waals surface area contributed by atoms with Gasteiger partial charge >= 0.3 is 5.43 Å². The molecule has 0 fully saturated rings. The van der Waals surface area contributed by atoms with Crippen LogP contribution in [0.4, 0.5) is 4.79 Å². The summed E-state index contributed by atoms with van der Waals surface area (Å²) >= 11 is 8.82. The quantitative estimate of drug-likeness (QED) is 0.793. The first-order valence-electron chi connectivity index (χ1n) is 3.91. The molecule has 0 aliphatic heterocycles. The zero-order valence-corrected chi connectivity index (χ0v) is 9.20. The van der Waals surface area contributed by atoms with Gasteiger partial charge in [0.25, 0.3) is 0 Å². The monoisotopic (exact) mass is 252 g/mol. The Morgan fingerprint density at radius 3 is 1.53 bits per heavy atom. The molecule has 0 bridgehead atoms. The van der Waals surface area contributed by atoms with Gasteiger partial charge in [-0.2, -0.15) is 0 Å². The fourth-order valence-corrected chi connectivity index (χ4v) is 0.750. The predicted octanol–water partition coefficient (Wildman–Crippen LogP) is 2.19. The third-order valence-corrected chi connectivity index (χ3v) is 1.75. The van der Waals surface area contributed by atoms with Crippen LogP contribution in [0.25, 0.3) is 0 Å². The summed E-state index contributed by atoms with van der Waals surface area (Å²) in [6, 6.07) is 7.19. The summed E-state index contributed by atoms with van der Waals surface area (Å²) in [4.78, 5) is 9.22. The minimum Gasteiger partial charge on any atom is -0.392 e. The fraction of sp³-hybridized carbons (Fsp3) is 0.222. The molecule has 1 rings (SSSR count). The van der Waals surface area contributed by atoms with Crippen LogP contribution < -0.4 is 0 Å². The van der Waals surface area contributed by atoms with Crippen LogP contribution in [0.5, 0.6) is 0 Å². The first-order valence-corrected chi connectivity index (χ1v) is 4.60. The maximum absolute atomic E-state index is 9.22. The number of hydrogen-bond acceptors (Lipinski definition) is 4. The highest BCUT2D eigenvalue weighted by Gasteiger charge is 1.89. The number of aliphatic hydroxyl groups excluding tert-OH is 2. The predicted molar refractivity (Wildman–Crippen MR) is 56.5 cm³/mol. The summed E-state index contributed by atoms with van der Waals surface area (Å²) in [6.07, 6.45) is 0. The number of rotatable bonds is 2. The molecule has 1 aromatic rings. The molecule has 6 heteroatoms. The van der Waals surface area contributed by atoms with Crippen molar-refractivity contribution < 1.29 is 19.3 Å². The van der Waals surface area contributed by atoms with Crippen LogP contribution in [0.2, 0.25) is 0 Å². The lowest BCUT2D eigenvalue weighted by atomic mass is 10.1. The lowest BCUT2D eigenvalue weighted by Crippen LogP contribution is -1.85. The summed E-state index contributed by atoms with van der Waals surface area (Å²) < 4.78 is 3.35. The first kappa shape index (κ1) is 14.2.